The molecule has 0 bridgehead atoms. The maximum atomic E-state index is 12.8. The van der Waals surface area contributed by atoms with Crippen LogP contribution in [0.4, 0.5) is 0 Å². The smallest absolute Gasteiger partial charge is 0.309 e. The van der Waals surface area contributed by atoms with Crippen molar-refractivity contribution in [3.8, 4) is 0 Å². The van der Waals surface area contributed by atoms with Crippen molar-refractivity contribution in [1.29, 1.82) is 0 Å². The first kappa shape index (κ1) is 40.0. The highest BCUT2D eigenvalue weighted by Crippen LogP contribution is 2.22. The summed E-state index contributed by atoms with van der Waals surface area (Å²) in [6.45, 7) is 8.21. The van der Waals surface area contributed by atoms with Crippen LogP contribution in [-0.2, 0) is 23.9 Å². The zero-order chi connectivity index (χ0) is 32.9. The van der Waals surface area contributed by atoms with Gasteiger partial charge in [-0.15, -0.1) is 0 Å². The van der Waals surface area contributed by atoms with E-state index in [1.807, 2.05) is 26.0 Å². The number of ketones is 1. The number of nitrogens with one attached hydrogen (secondary N) is 1. The van der Waals surface area contributed by atoms with E-state index < -0.39 is 36.3 Å². The van der Waals surface area contributed by atoms with Crippen molar-refractivity contribution in [2.45, 2.75) is 142 Å². The van der Waals surface area contributed by atoms with Gasteiger partial charge >= 0.3 is 5.97 Å². The molecule has 4 N–H and O–H groups in total. The van der Waals surface area contributed by atoms with E-state index in [1.54, 1.807) is 7.11 Å². The summed E-state index contributed by atoms with van der Waals surface area (Å²) in [4.78, 5) is 38.1. The molecule has 0 aromatic carbocycles. The standard InChI is InChI=1S/C35H61NO8/c1-6-12-33-34(41)36-23-30(38)22-32(40)31(39)20-19-28(24-43-5)16-10-14-27(7-2)15-11-18-29(37)17-9-8-13-25(3)21-26(4)35(42)44-33/h10,14,16,25-27,30-33,38-40H,6-9,11-13,15,17-24H2,1-5H3,(H,36,41)/b14-10+,28-16-/t25-,26+,27+,30+,31-,32?,33+/m1/s1. The van der Waals surface area contributed by atoms with Crippen molar-refractivity contribution in [1.82, 2.24) is 5.32 Å². The molecule has 0 fully saturated rings. The fraction of sp³-hybridized carbons (Fsp3) is 0.800. The lowest BCUT2D eigenvalue weighted by Crippen LogP contribution is -2.43. The molecule has 9 nitrogen and oxygen atoms in total. The van der Waals surface area contributed by atoms with Gasteiger partial charge < -0.3 is 30.1 Å². The monoisotopic (exact) mass is 623 g/mol. The molecule has 0 aromatic heterocycles. The van der Waals surface area contributed by atoms with E-state index in [1.165, 1.54) is 0 Å². The first-order chi connectivity index (χ1) is 21.0. The number of ether oxygens (including phenoxy) is 2. The Morgan fingerprint density at radius 1 is 0.932 bits per heavy atom. The molecule has 1 unspecified atom stereocenters. The van der Waals surface area contributed by atoms with Gasteiger partial charge in [0.15, 0.2) is 6.10 Å². The predicted octanol–water partition coefficient (Wildman–Crippen LogP) is 5.20. The Bertz CT molecular complexity index is 888. The van der Waals surface area contributed by atoms with Crippen LogP contribution >= 0.6 is 0 Å². The Labute approximate surface area is 265 Å². The maximum absolute atomic E-state index is 12.8. The van der Waals surface area contributed by atoms with Gasteiger partial charge in [0.25, 0.3) is 5.91 Å². The lowest BCUT2D eigenvalue weighted by atomic mass is 9.92. The van der Waals surface area contributed by atoms with Crippen LogP contribution in [0.3, 0.4) is 0 Å². The van der Waals surface area contributed by atoms with Crippen molar-refractivity contribution >= 4 is 17.7 Å². The Balaban J connectivity index is 2.96. The second kappa shape index (κ2) is 23.3. The number of carbonyl (C=O) groups is 3. The summed E-state index contributed by atoms with van der Waals surface area (Å²) in [5.41, 5.74) is 0.973. The molecule has 0 saturated heterocycles. The minimum absolute atomic E-state index is 0.113. The van der Waals surface area contributed by atoms with E-state index in [0.717, 1.165) is 44.1 Å². The fourth-order valence-electron chi connectivity index (χ4n) is 5.63. The number of Topliss-reactive ketones (excluding diaryl/α,β-unsaturated/α-hetero) is 1. The molecule has 1 amide bonds. The zero-order valence-corrected chi connectivity index (χ0v) is 28.0. The summed E-state index contributed by atoms with van der Waals surface area (Å²) in [7, 11) is 1.61. The number of esters is 1. The molecule has 1 heterocycles. The SMILES string of the molecule is CCC[C@@H]1OC(=O)[C@@H](C)C[C@H](C)CCCCC(=O)CCC[C@@H](CC)/C=C/C=C(\COC)CC[C@@H](O)C(O)C[C@H](O)CNC1=O. The average Bonchev–Trinajstić information content (AvgIpc) is 2.98. The van der Waals surface area contributed by atoms with Crippen LogP contribution in [0.5, 0.6) is 0 Å². The maximum Gasteiger partial charge on any atom is 0.309 e. The van der Waals surface area contributed by atoms with E-state index in [9.17, 15) is 29.7 Å². The molecule has 0 saturated carbocycles. The first-order valence-corrected chi connectivity index (χ1v) is 16.9. The minimum Gasteiger partial charge on any atom is -0.452 e. The molecular formula is C35H61NO8. The molecule has 44 heavy (non-hydrogen) atoms. The molecule has 9 heteroatoms. The van der Waals surface area contributed by atoms with Gasteiger partial charge in [-0.05, 0) is 68.8 Å². The van der Waals surface area contributed by atoms with Crippen LogP contribution in [-0.4, -0.2) is 77.7 Å². The molecule has 0 spiro atoms. The van der Waals surface area contributed by atoms with Crippen LogP contribution in [0.25, 0.3) is 0 Å². The van der Waals surface area contributed by atoms with E-state index in [4.69, 9.17) is 9.47 Å². The summed E-state index contributed by atoms with van der Waals surface area (Å²) >= 11 is 0. The Morgan fingerprint density at radius 3 is 2.34 bits per heavy atom. The number of amides is 1. The summed E-state index contributed by atoms with van der Waals surface area (Å²) in [6, 6.07) is 0. The third-order valence-corrected chi connectivity index (χ3v) is 8.49. The molecule has 0 radical (unpaired) electrons. The third-order valence-electron chi connectivity index (χ3n) is 8.49. The Morgan fingerprint density at radius 2 is 1.66 bits per heavy atom. The van der Waals surface area contributed by atoms with Crippen molar-refractivity contribution in [3.63, 3.8) is 0 Å². The number of aliphatic hydroxyl groups is 3. The summed E-state index contributed by atoms with van der Waals surface area (Å²) in [5, 5.41) is 34.1. The van der Waals surface area contributed by atoms with Crippen LogP contribution in [0.15, 0.2) is 23.8 Å². The van der Waals surface area contributed by atoms with Crippen LogP contribution < -0.4 is 5.32 Å². The summed E-state index contributed by atoms with van der Waals surface area (Å²) in [5.74, 6) is -0.318. The number of hydrogen-bond acceptors (Lipinski definition) is 8. The number of methoxy groups -OCH3 is 1. The van der Waals surface area contributed by atoms with E-state index in [-0.39, 0.29) is 31.2 Å². The van der Waals surface area contributed by atoms with Gasteiger partial charge in [-0.1, -0.05) is 65.2 Å². The van der Waals surface area contributed by atoms with Crippen molar-refractivity contribution in [2.24, 2.45) is 17.8 Å². The molecule has 0 aliphatic carbocycles. The van der Waals surface area contributed by atoms with Crippen LogP contribution in [0.2, 0.25) is 0 Å². The number of aliphatic hydroxyl groups excluding tert-OH is 3. The van der Waals surface area contributed by atoms with Crippen molar-refractivity contribution in [2.75, 3.05) is 20.3 Å². The minimum atomic E-state index is -1.17. The molecule has 0 aromatic rings. The average molecular weight is 624 g/mol. The molecule has 1 aliphatic rings. The second-order valence-electron chi connectivity index (χ2n) is 12.8. The molecule has 254 valence electrons. The van der Waals surface area contributed by atoms with Crippen molar-refractivity contribution < 1.29 is 39.2 Å². The lowest BCUT2D eigenvalue weighted by Gasteiger charge is -2.23. The van der Waals surface area contributed by atoms with Gasteiger partial charge in [0.2, 0.25) is 0 Å². The van der Waals surface area contributed by atoms with E-state index in [2.05, 4.69) is 25.2 Å². The second-order valence-corrected chi connectivity index (χ2v) is 12.8. The number of rotatable bonds is 5. The number of hydrogen-bond donors (Lipinski definition) is 4. The normalized spacial score (nSPS) is 32.8. The highest BCUT2D eigenvalue weighted by molar-refractivity contribution is 5.84. The molecular weight excluding hydrogens is 562 g/mol. The largest absolute Gasteiger partial charge is 0.452 e. The quantitative estimate of drug-likeness (QED) is 0.306. The number of allylic oxidation sites excluding steroid dienone is 3. The Kier molecular flexibility index (Phi) is 21.2. The van der Waals surface area contributed by atoms with Crippen molar-refractivity contribution in [3.05, 3.63) is 23.8 Å². The molecule has 7 atom stereocenters. The number of carbonyl (C=O) groups excluding carboxylic acids is 3. The van der Waals surface area contributed by atoms with Gasteiger partial charge in [-0.3, -0.25) is 14.4 Å². The zero-order valence-electron chi connectivity index (χ0n) is 28.0. The van der Waals surface area contributed by atoms with Crippen LogP contribution in [0, 0.1) is 17.8 Å². The van der Waals surface area contributed by atoms with Gasteiger partial charge in [0.05, 0.1) is 30.8 Å². The molecule has 1 rings (SSSR count). The molecule has 1 aliphatic heterocycles. The fourth-order valence-corrected chi connectivity index (χ4v) is 5.63. The number of β-amino-alcohol motifs (C(OH)–C–C–N with tert-alkyl or cyclic N) is 1. The number of cyclic esters (lactones) is 1. The predicted molar refractivity (Wildman–Crippen MR) is 173 cm³/mol. The van der Waals surface area contributed by atoms with Crippen LogP contribution in [0.1, 0.15) is 118 Å². The van der Waals surface area contributed by atoms with Gasteiger partial charge in [-0.2, -0.15) is 0 Å². The summed E-state index contributed by atoms with van der Waals surface area (Å²) in [6.07, 6.45) is 10.9. The topological polar surface area (TPSA) is 142 Å². The van der Waals surface area contributed by atoms with E-state index in [0.29, 0.717) is 56.8 Å². The highest BCUT2D eigenvalue weighted by atomic mass is 16.5. The van der Waals surface area contributed by atoms with Gasteiger partial charge in [0.1, 0.15) is 5.78 Å². The highest BCUT2D eigenvalue weighted by Gasteiger charge is 2.27. The lowest BCUT2D eigenvalue weighted by molar-refractivity contribution is -0.160. The first-order valence-electron chi connectivity index (χ1n) is 16.9. The Hall–Kier alpha value is -2.07. The van der Waals surface area contributed by atoms with E-state index >= 15 is 0 Å². The third kappa shape index (κ3) is 17.4. The van der Waals surface area contributed by atoms with Gasteiger partial charge in [0, 0.05) is 32.9 Å². The summed E-state index contributed by atoms with van der Waals surface area (Å²) < 4.78 is 10.9. The van der Waals surface area contributed by atoms with Gasteiger partial charge in [-0.25, -0.2) is 0 Å².